The molecule has 1 aromatic heterocycles. The maximum Gasteiger partial charge on any atom is 0.132 e. The predicted octanol–water partition coefficient (Wildman–Crippen LogP) is 1.02. The van der Waals surface area contributed by atoms with Gasteiger partial charge in [0.1, 0.15) is 11.0 Å². The van der Waals surface area contributed by atoms with Crippen LogP contribution in [0.25, 0.3) is 0 Å². The standard InChI is InChI=1S/C10H11ClN4/c11-9-5-8(7-12)6-10(14-9)15-3-1-13-2-4-15/h5-6,13H,1-4H2. The molecule has 1 aliphatic heterocycles. The van der Waals surface area contributed by atoms with Crippen molar-refractivity contribution in [1.82, 2.24) is 10.3 Å². The number of nitriles is 1. The van der Waals surface area contributed by atoms with E-state index in [1.54, 1.807) is 12.1 Å². The van der Waals surface area contributed by atoms with Crippen LogP contribution >= 0.6 is 11.6 Å². The first-order valence-corrected chi connectivity index (χ1v) is 5.21. The number of rotatable bonds is 1. The van der Waals surface area contributed by atoms with Gasteiger partial charge in [-0.05, 0) is 12.1 Å². The lowest BCUT2D eigenvalue weighted by Gasteiger charge is -2.28. The highest BCUT2D eigenvalue weighted by Gasteiger charge is 2.12. The van der Waals surface area contributed by atoms with Gasteiger partial charge >= 0.3 is 0 Å². The summed E-state index contributed by atoms with van der Waals surface area (Å²) in [5.41, 5.74) is 0.559. The summed E-state index contributed by atoms with van der Waals surface area (Å²) in [6.07, 6.45) is 0. The van der Waals surface area contributed by atoms with Gasteiger partial charge in [-0.15, -0.1) is 0 Å². The fourth-order valence-electron chi connectivity index (χ4n) is 1.60. The molecule has 0 amide bonds. The molecule has 0 bridgehead atoms. The maximum atomic E-state index is 8.82. The van der Waals surface area contributed by atoms with Gasteiger partial charge in [-0.1, -0.05) is 11.6 Å². The Bertz CT molecular complexity index is 393. The second kappa shape index (κ2) is 4.47. The van der Waals surface area contributed by atoms with Crippen molar-refractivity contribution in [2.75, 3.05) is 31.1 Å². The SMILES string of the molecule is N#Cc1cc(Cl)nc(N2CCNCC2)c1. The van der Waals surface area contributed by atoms with Gasteiger partial charge in [0.25, 0.3) is 0 Å². The molecule has 0 saturated carbocycles. The van der Waals surface area contributed by atoms with Gasteiger partial charge in [0, 0.05) is 26.2 Å². The van der Waals surface area contributed by atoms with Crippen molar-refractivity contribution < 1.29 is 0 Å². The van der Waals surface area contributed by atoms with Crippen LogP contribution in [0.2, 0.25) is 5.15 Å². The Labute approximate surface area is 93.5 Å². The van der Waals surface area contributed by atoms with E-state index in [0.717, 1.165) is 32.0 Å². The van der Waals surface area contributed by atoms with E-state index in [-0.39, 0.29) is 0 Å². The lowest BCUT2D eigenvalue weighted by atomic mass is 10.2. The summed E-state index contributed by atoms with van der Waals surface area (Å²) in [4.78, 5) is 6.35. The van der Waals surface area contributed by atoms with Gasteiger partial charge < -0.3 is 10.2 Å². The van der Waals surface area contributed by atoms with Gasteiger partial charge in [-0.25, -0.2) is 4.98 Å². The van der Waals surface area contributed by atoms with Crippen LogP contribution in [0.5, 0.6) is 0 Å². The molecule has 1 fully saturated rings. The van der Waals surface area contributed by atoms with Gasteiger partial charge in [-0.2, -0.15) is 5.26 Å². The topological polar surface area (TPSA) is 52.0 Å². The minimum atomic E-state index is 0.377. The summed E-state index contributed by atoms with van der Waals surface area (Å²) < 4.78 is 0. The Morgan fingerprint density at radius 1 is 1.40 bits per heavy atom. The molecule has 1 saturated heterocycles. The maximum absolute atomic E-state index is 8.82. The third-order valence-corrected chi connectivity index (χ3v) is 2.54. The number of nitrogens with zero attached hydrogens (tertiary/aromatic N) is 3. The van der Waals surface area contributed by atoms with Crippen molar-refractivity contribution >= 4 is 17.4 Å². The van der Waals surface area contributed by atoms with Crippen molar-refractivity contribution in [3.63, 3.8) is 0 Å². The summed E-state index contributed by atoms with van der Waals surface area (Å²) in [5.74, 6) is 0.792. The molecule has 0 aliphatic carbocycles. The zero-order chi connectivity index (χ0) is 10.7. The molecule has 4 nitrogen and oxygen atoms in total. The molecular weight excluding hydrogens is 212 g/mol. The van der Waals surface area contributed by atoms with Crippen LogP contribution in [-0.2, 0) is 0 Å². The van der Waals surface area contributed by atoms with Crippen LogP contribution in [0.4, 0.5) is 5.82 Å². The Kier molecular flexibility index (Phi) is 3.05. The molecule has 1 aromatic rings. The highest BCUT2D eigenvalue weighted by molar-refractivity contribution is 6.29. The van der Waals surface area contributed by atoms with Crippen LogP contribution in [0, 0.1) is 11.3 Å². The van der Waals surface area contributed by atoms with Crippen molar-refractivity contribution in [2.24, 2.45) is 0 Å². The van der Waals surface area contributed by atoms with Crippen LogP contribution in [0.1, 0.15) is 5.56 Å². The number of piperazine rings is 1. The Morgan fingerprint density at radius 2 is 2.13 bits per heavy atom. The quantitative estimate of drug-likeness (QED) is 0.721. The number of hydrogen-bond acceptors (Lipinski definition) is 4. The molecule has 0 atom stereocenters. The fourth-order valence-corrected chi connectivity index (χ4v) is 1.81. The largest absolute Gasteiger partial charge is 0.354 e. The average Bonchev–Trinajstić information content (AvgIpc) is 2.29. The van der Waals surface area contributed by atoms with E-state index in [1.165, 1.54) is 0 Å². The highest BCUT2D eigenvalue weighted by Crippen LogP contribution is 2.17. The molecule has 1 aliphatic rings. The lowest BCUT2D eigenvalue weighted by molar-refractivity contribution is 0.585. The molecule has 2 heterocycles. The first-order valence-electron chi connectivity index (χ1n) is 4.83. The molecular formula is C10H11ClN4. The van der Waals surface area contributed by atoms with Crippen molar-refractivity contribution in [3.8, 4) is 6.07 Å². The molecule has 1 N–H and O–H groups in total. The van der Waals surface area contributed by atoms with Crippen LogP contribution in [0.15, 0.2) is 12.1 Å². The molecule has 15 heavy (non-hydrogen) atoms. The summed E-state index contributed by atoms with van der Waals surface area (Å²) in [7, 11) is 0. The molecule has 2 rings (SSSR count). The van der Waals surface area contributed by atoms with Gasteiger partial charge in [0.05, 0.1) is 11.6 Å². The van der Waals surface area contributed by atoms with Crippen molar-refractivity contribution in [3.05, 3.63) is 22.8 Å². The Balaban J connectivity index is 2.27. The van der Waals surface area contributed by atoms with Gasteiger partial charge in [0.2, 0.25) is 0 Å². The van der Waals surface area contributed by atoms with Crippen LogP contribution < -0.4 is 10.2 Å². The molecule has 0 radical (unpaired) electrons. The van der Waals surface area contributed by atoms with Gasteiger partial charge in [-0.3, -0.25) is 0 Å². The van der Waals surface area contributed by atoms with E-state index in [0.29, 0.717) is 10.7 Å². The van der Waals surface area contributed by atoms with Crippen molar-refractivity contribution in [1.29, 1.82) is 5.26 Å². The highest BCUT2D eigenvalue weighted by atomic mass is 35.5. The van der Waals surface area contributed by atoms with E-state index in [9.17, 15) is 0 Å². The molecule has 0 unspecified atom stereocenters. The van der Waals surface area contributed by atoms with E-state index in [2.05, 4.69) is 21.3 Å². The minimum absolute atomic E-state index is 0.377. The average molecular weight is 223 g/mol. The summed E-state index contributed by atoms with van der Waals surface area (Å²) in [6.45, 7) is 3.68. The Hall–Kier alpha value is -1.31. The summed E-state index contributed by atoms with van der Waals surface area (Å²) in [6, 6.07) is 5.43. The summed E-state index contributed by atoms with van der Waals surface area (Å²) in [5, 5.41) is 12.5. The van der Waals surface area contributed by atoms with Crippen LogP contribution in [0.3, 0.4) is 0 Å². The van der Waals surface area contributed by atoms with E-state index in [1.807, 2.05) is 0 Å². The normalized spacial score (nSPS) is 16.1. The zero-order valence-corrected chi connectivity index (χ0v) is 8.96. The third kappa shape index (κ3) is 2.38. The van der Waals surface area contributed by atoms with E-state index >= 15 is 0 Å². The van der Waals surface area contributed by atoms with Gasteiger partial charge in [0.15, 0.2) is 0 Å². The lowest BCUT2D eigenvalue weighted by Crippen LogP contribution is -2.43. The molecule has 78 valence electrons. The Morgan fingerprint density at radius 3 is 2.80 bits per heavy atom. The smallest absolute Gasteiger partial charge is 0.132 e. The molecule has 5 heteroatoms. The first kappa shape index (κ1) is 10.2. The van der Waals surface area contributed by atoms with Crippen LogP contribution in [-0.4, -0.2) is 31.2 Å². The van der Waals surface area contributed by atoms with Crippen molar-refractivity contribution in [2.45, 2.75) is 0 Å². The minimum Gasteiger partial charge on any atom is -0.354 e. The third-order valence-electron chi connectivity index (χ3n) is 2.35. The second-order valence-electron chi connectivity index (χ2n) is 3.39. The second-order valence-corrected chi connectivity index (χ2v) is 3.77. The summed E-state index contributed by atoms with van der Waals surface area (Å²) >= 11 is 5.84. The number of pyridine rings is 1. The zero-order valence-electron chi connectivity index (χ0n) is 8.20. The number of halogens is 1. The number of aromatic nitrogens is 1. The molecule has 0 spiro atoms. The number of nitrogens with one attached hydrogen (secondary N) is 1. The first-order chi connectivity index (χ1) is 7.29. The number of anilines is 1. The number of hydrogen-bond donors (Lipinski definition) is 1. The monoisotopic (exact) mass is 222 g/mol. The van der Waals surface area contributed by atoms with E-state index < -0.39 is 0 Å². The predicted molar refractivity (Wildman–Crippen MR) is 59.0 cm³/mol. The van der Waals surface area contributed by atoms with E-state index in [4.69, 9.17) is 16.9 Å². The molecule has 0 aromatic carbocycles. The fraction of sp³-hybridized carbons (Fsp3) is 0.400.